The van der Waals surface area contributed by atoms with Crippen molar-refractivity contribution in [3.63, 3.8) is 0 Å². The molecule has 0 bridgehead atoms. The second kappa shape index (κ2) is 26.0. The van der Waals surface area contributed by atoms with Crippen LogP contribution < -0.4 is 5.73 Å². The van der Waals surface area contributed by atoms with Crippen LogP contribution >= 0.6 is 0 Å². The van der Waals surface area contributed by atoms with E-state index in [9.17, 15) is 13.2 Å². The van der Waals surface area contributed by atoms with E-state index < -0.39 is 11.6 Å². The molecule has 44 heavy (non-hydrogen) atoms. The van der Waals surface area contributed by atoms with Crippen LogP contribution in [-0.4, -0.2) is 51.0 Å². The van der Waals surface area contributed by atoms with Crippen LogP contribution in [0.25, 0.3) is 5.65 Å². The predicted molar refractivity (Wildman–Crippen MR) is 181 cm³/mol. The molecule has 2 saturated carbocycles. The zero-order valence-corrected chi connectivity index (χ0v) is 31.9. The maximum Gasteiger partial charge on any atom is 0.248 e. The summed E-state index contributed by atoms with van der Waals surface area (Å²) in [7, 11) is 1.50. The number of imidazole rings is 1. The van der Waals surface area contributed by atoms with Crippen molar-refractivity contribution in [1.29, 1.82) is 0 Å². The van der Waals surface area contributed by atoms with Crippen molar-refractivity contribution in [3.8, 4) is 0 Å². The van der Waals surface area contributed by atoms with E-state index in [1.807, 2.05) is 42.7 Å². The molecule has 0 unspecified atom stereocenters. The van der Waals surface area contributed by atoms with Gasteiger partial charge in [0.1, 0.15) is 5.67 Å². The molecule has 10 heteroatoms. The molecule has 254 valence electrons. The Morgan fingerprint density at radius 3 is 1.91 bits per heavy atom. The Balaban J connectivity index is -0.000000286. The van der Waals surface area contributed by atoms with E-state index in [1.165, 1.54) is 18.2 Å². The molecule has 0 amide bonds. The van der Waals surface area contributed by atoms with Gasteiger partial charge in [0.15, 0.2) is 5.65 Å². The molecule has 4 rings (SSSR count). The minimum atomic E-state index is -2.32. The summed E-state index contributed by atoms with van der Waals surface area (Å²) in [5.74, 6) is -2.32. The quantitative estimate of drug-likeness (QED) is 0.137. The maximum atomic E-state index is 12.2. The SMILES string of the molecule is C=C.C=C(C)C.C=NN(/C(=C\C)Cc1cn2ncc(CC)cc2n1)C(C)C.CC1(F)CC1.CN.FC1(F)CCCCC1.[CH3-].[W]. The van der Waals surface area contributed by atoms with Gasteiger partial charge in [0.2, 0.25) is 5.92 Å². The fourth-order valence-electron chi connectivity index (χ4n) is 3.57. The molecule has 2 aliphatic rings. The van der Waals surface area contributed by atoms with Crippen molar-refractivity contribution in [2.75, 3.05) is 7.05 Å². The first-order valence-corrected chi connectivity index (χ1v) is 14.7. The van der Waals surface area contributed by atoms with Crippen LogP contribution in [0.2, 0.25) is 0 Å². The number of nitrogens with two attached hydrogens (primary N) is 1. The van der Waals surface area contributed by atoms with Gasteiger partial charge in [0.25, 0.3) is 0 Å². The number of halogens is 3. The molecule has 2 aromatic rings. The molecule has 6 nitrogen and oxygen atoms in total. The number of nitrogens with zero attached hydrogens (tertiary/aromatic N) is 5. The fourth-order valence-corrected chi connectivity index (χ4v) is 3.57. The second-order valence-corrected chi connectivity index (χ2v) is 10.8. The van der Waals surface area contributed by atoms with Gasteiger partial charge in [-0.25, -0.2) is 22.7 Å². The summed E-state index contributed by atoms with van der Waals surface area (Å²) in [6, 6.07) is 2.35. The van der Waals surface area contributed by atoms with Crippen LogP contribution in [0.3, 0.4) is 0 Å². The molecule has 0 aliphatic heterocycles. The Bertz CT molecular complexity index is 1050. The summed E-state index contributed by atoms with van der Waals surface area (Å²) in [5.41, 5.74) is 9.09. The molecule has 2 aromatic heterocycles. The van der Waals surface area contributed by atoms with Gasteiger partial charge in [-0.2, -0.15) is 10.2 Å². The van der Waals surface area contributed by atoms with Crippen molar-refractivity contribution in [3.05, 3.63) is 74.2 Å². The smallest absolute Gasteiger partial charge is 0.248 e. The molecule has 0 aromatic carbocycles. The van der Waals surface area contributed by atoms with Crippen molar-refractivity contribution in [1.82, 2.24) is 19.6 Å². The maximum absolute atomic E-state index is 12.2. The number of hydrazone groups is 1. The number of aryl methyl sites for hydroxylation is 1. The zero-order valence-electron chi connectivity index (χ0n) is 28.9. The van der Waals surface area contributed by atoms with E-state index in [2.05, 4.69) is 80.3 Å². The molecule has 0 spiro atoms. The van der Waals surface area contributed by atoms with E-state index in [0.29, 0.717) is 12.8 Å². The first-order valence-electron chi connectivity index (χ1n) is 14.7. The van der Waals surface area contributed by atoms with Crippen LogP contribution in [0.5, 0.6) is 0 Å². The van der Waals surface area contributed by atoms with Crippen molar-refractivity contribution >= 4 is 12.4 Å². The first-order chi connectivity index (χ1) is 19.7. The summed E-state index contributed by atoms with van der Waals surface area (Å²) >= 11 is 0. The van der Waals surface area contributed by atoms with Crippen molar-refractivity contribution in [2.45, 2.75) is 124 Å². The number of alkyl halides is 3. The number of hydrogen-bond donors (Lipinski definition) is 1. The molecule has 2 aliphatic carbocycles. The Labute approximate surface area is 281 Å². The Morgan fingerprint density at radius 2 is 1.59 bits per heavy atom. The Kier molecular flexibility index (Phi) is 28.8. The molecule has 2 heterocycles. The molecule has 0 radical (unpaired) electrons. The van der Waals surface area contributed by atoms with Gasteiger partial charge in [-0.1, -0.05) is 25.0 Å². The van der Waals surface area contributed by atoms with Crippen LogP contribution in [0, 0.1) is 7.43 Å². The zero-order chi connectivity index (χ0) is 32.9. The van der Waals surface area contributed by atoms with Gasteiger partial charge >= 0.3 is 0 Å². The fraction of sp³-hybridized carbons (Fsp3) is 0.588. The molecular weight excluding hydrogens is 733 g/mol. The van der Waals surface area contributed by atoms with Gasteiger partial charge in [-0.15, -0.1) is 19.7 Å². The third-order valence-corrected chi connectivity index (χ3v) is 5.99. The standard InChI is InChI=1S/C16H23N5.C6H10F2.C4H7F.C4H8.C2H4.CH5N.CH3.W/c1-6-13-8-16-19-14(11-20(16)18-10-13)9-15(7-2)21(17-5)12(3)4;7-6(8)4-2-1-3-5-6;1-4(5)2-3-4;1-4(2)3;2*1-2;;/h7-8,10-12H,5-6,9H2,1-4H3;1-5H2;2-3H2,1H3;1H2,2-3H3;1-2H2;2H2,1H3;1H3;/q;;;;;;-1;/b15-7-;;;;;;;. The Morgan fingerprint density at radius 1 is 1.11 bits per heavy atom. The third-order valence-electron chi connectivity index (χ3n) is 5.99. The molecule has 0 atom stereocenters. The number of aromatic nitrogens is 3. The van der Waals surface area contributed by atoms with Gasteiger partial charge in [0, 0.05) is 58.8 Å². The van der Waals surface area contributed by atoms with Crippen LogP contribution in [0.15, 0.2) is 60.6 Å². The first kappa shape index (κ1) is 48.6. The summed E-state index contributed by atoms with van der Waals surface area (Å²) in [4.78, 5) is 4.66. The molecule has 0 saturated heterocycles. The van der Waals surface area contributed by atoms with Crippen LogP contribution in [-0.2, 0) is 33.9 Å². The van der Waals surface area contributed by atoms with E-state index in [1.54, 1.807) is 6.92 Å². The second-order valence-electron chi connectivity index (χ2n) is 10.8. The van der Waals surface area contributed by atoms with E-state index in [0.717, 1.165) is 49.1 Å². The minimum Gasteiger partial charge on any atom is -0.358 e. The average Bonchev–Trinajstić information content (AvgIpc) is 3.49. The summed E-state index contributed by atoms with van der Waals surface area (Å²) in [6.07, 6.45) is 11.8. The van der Waals surface area contributed by atoms with Crippen LogP contribution in [0.1, 0.15) is 105 Å². The molecule has 2 N–H and O–H groups in total. The topological polar surface area (TPSA) is 71.8 Å². The number of hydrogen-bond acceptors (Lipinski definition) is 5. The van der Waals surface area contributed by atoms with E-state index >= 15 is 0 Å². The van der Waals surface area contributed by atoms with Gasteiger partial charge in [0.05, 0.1) is 18.1 Å². The van der Waals surface area contributed by atoms with Crippen molar-refractivity contribution in [2.24, 2.45) is 10.8 Å². The number of rotatable bonds is 6. The normalized spacial score (nSPS) is 15.1. The summed E-state index contributed by atoms with van der Waals surface area (Å²) in [6.45, 7) is 27.1. The van der Waals surface area contributed by atoms with Gasteiger partial charge < -0.3 is 13.2 Å². The molecule has 2 fully saturated rings. The Hall–Kier alpha value is -2.25. The predicted octanol–water partition coefficient (Wildman–Crippen LogP) is 9.57. The number of fused-ring (bicyclic) bond motifs is 1. The monoisotopic (exact) mass is 793 g/mol. The van der Waals surface area contributed by atoms with E-state index in [4.69, 9.17) is 0 Å². The van der Waals surface area contributed by atoms with Gasteiger partial charge in [-0.3, -0.25) is 5.01 Å². The van der Waals surface area contributed by atoms with Crippen molar-refractivity contribution < 1.29 is 34.2 Å². The van der Waals surface area contributed by atoms with Gasteiger partial charge in [-0.05, 0) is 92.3 Å². The largest absolute Gasteiger partial charge is 0.358 e. The molecular formula is C34H60F3N6W-. The summed E-state index contributed by atoms with van der Waals surface area (Å²) in [5, 5.41) is 10.4. The number of allylic oxidation sites excluding steroid dienone is 3. The summed E-state index contributed by atoms with van der Waals surface area (Å²) < 4.78 is 38.0. The third kappa shape index (κ3) is 22.3. The van der Waals surface area contributed by atoms with E-state index in [-0.39, 0.29) is 47.4 Å². The van der Waals surface area contributed by atoms with Crippen LogP contribution in [0.4, 0.5) is 13.2 Å². The average molecular weight is 794 g/mol. The minimum absolute atomic E-state index is 0.